The molecule has 1 atom stereocenters. The third-order valence-electron chi connectivity index (χ3n) is 5.75. The van der Waals surface area contributed by atoms with E-state index in [4.69, 9.17) is 4.98 Å². The number of para-hydroxylation sites is 2. The summed E-state index contributed by atoms with van der Waals surface area (Å²) in [5.41, 5.74) is 4.89. The van der Waals surface area contributed by atoms with Crippen LogP contribution in [0.1, 0.15) is 65.7 Å². The first-order valence-corrected chi connectivity index (χ1v) is 9.63. The van der Waals surface area contributed by atoms with Gasteiger partial charge in [-0.1, -0.05) is 12.1 Å². The van der Waals surface area contributed by atoms with Gasteiger partial charge in [-0.2, -0.15) is 5.10 Å². The van der Waals surface area contributed by atoms with Crippen molar-refractivity contribution in [3.63, 3.8) is 0 Å². The fraction of sp³-hybridized carbons (Fsp3) is 0.450. The number of carbonyl (C=O) groups excluding carboxylic acids is 1. The van der Waals surface area contributed by atoms with E-state index < -0.39 is 0 Å². The van der Waals surface area contributed by atoms with Gasteiger partial charge in [-0.15, -0.1) is 0 Å². The molecule has 134 valence electrons. The van der Waals surface area contributed by atoms with E-state index in [-0.39, 0.29) is 11.9 Å². The van der Waals surface area contributed by atoms with Gasteiger partial charge >= 0.3 is 0 Å². The number of benzene rings is 1. The van der Waals surface area contributed by atoms with Crippen LogP contribution in [0.3, 0.4) is 0 Å². The van der Waals surface area contributed by atoms with Crippen LogP contribution >= 0.6 is 0 Å². The average molecular weight is 349 g/mol. The second-order valence-corrected chi connectivity index (χ2v) is 7.39. The van der Waals surface area contributed by atoms with Crippen molar-refractivity contribution in [1.82, 2.24) is 25.1 Å². The minimum absolute atomic E-state index is 0.000379. The van der Waals surface area contributed by atoms with E-state index in [1.807, 2.05) is 29.2 Å². The number of piperidine rings is 1. The van der Waals surface area contributed by atoms with Gasteiger partial charge in [-0.25, -0.2) is 4.98 Å². The van der Waals surface area contributed by atoms with Crippen molar-refractivity contribution in [2.45, 2.75) is 51.0 Å². The number of aromatic amines is 2. The maximum absolute atomic E-state index is 13.3. The number of aromatic nitrogens is 4. The van der Waals surface area contributed by atoms with Crippen LogP contribution in [-0.2, 0) is 12.8 Å². The lowest BCUT2D eigenvalue weighted by atomic mass is 9.94. The molecule has 2 N–H and O–H groups in total. The van der Waals surface area contributed by atoms with Gasteiger partial charge in [-0.3, -0.25) is 9.89 Å². The largest absolute Gasteiger partial charge is 0.340 e. The third kappa shape index (κ3) is 2.52. The lowest BCUT2D eigenvalue weighted by molar-refractivity contribution is 0.0594. The molecule has 1 fully saturated rings. The number of likely N-dealkylation sites (tertiary alicyclic amines) is 1. The first kappa shape index (κ1) is 15.6. The fourth-order valence-electron chi connectivity index (χ4n) is 4.38. The van der Waals surface area contributed by atoms with Crippen LogP contribution in [0.4, 0.5) is 0 Å². The van der Waals surface area contributed by atoms with Crippen LogP contribution in [0.25, 0.3) is 11.0 Å². The first-order valence-electron chi connectivity index (χ1n) is 9.63. The standard InChI is InChI=1S/C20H23N5O/c26-20(18-13-7-1-2-8-14(13)23-24-18)25-12-6-5-11-17(25)19-21-15-9-3-4-10-16(15)22-19/h3-4,9-10,17H,1-2,5-8,11-12H2,(H,21,22)(H,23,24)/t17-/m1/s1. The molecule has 2 aromatic heterocycles. The quantitative estimate of drug-likeness (QED) is 0.743. The van der Waals surface area contributed by atoms with Crippen LogP contribution in [0.2, 0.25) is 0 Å². The number of carbonyl (C=O) groups is 1. The van der Waals surface area contributed by atoms with E-state index in [1.54, 1.807) is 0 Å². The molecule has 0 radical (unpaired) electrons. The Balaban J connectivity index is 1.49. The van der Waals surface area contributed by atoms with Gasteiger partial charge < -0.3 is 9.88 Å². The van der Waals surface area contributed by atoms with Crippen molar-refractivity contribution in [3.8, 4) is 0 Å². The van der Waals surface area contributed by atoms with Crippen LogP contribution in [0.15, 0.2) is 24.3 Å². The van der Waals surface area contributed by atoms with E-state index in [9.17, 15) is 4.79 Å². The highest BCUT2D eigenvalue weighted by Gasteiger charge is 2.33. The van der Waals surface area contributed by atoms with E-state index in [0.717, 1.165) is 73.2 Å². The summed E-state index contributed by atoms with van der Waals surface area (Å²) in [6, 6.07) is 8.04. The summed E-state index contributed by atoms with van der Waals surface area (Å²) in [5.74, 6) is 0.943. The number of nitrogens with zero attached hydrogens (tertiary/aromatic N) is 3. The van der Waals surface area contributed by atoms with Gasteiger partial charge in [0.05, 0.1) is 17.1 Å². The smallest absolute Gasteiger partial charge is 0.275 e. The molecule has 5 rings (SSSR count). The van der Waals surface area contributed by atoms with Crippen LogP contribution < -0.4 is 0 Å². The van der Waals surface area contributed by atoms with E-state index in [2.05, 4.69) is 15.2 Å². The molecule has 0 bridgehead atoms. The Hall–Kier alpha value is -2.63. The fourth-order valence-corrected chi connectivity index (χ4v) is 4.38. The number of hydrogen-bond acceptors (Lipinski definition) is 3. The SMILES string of the molecule is O=C(c1n[nH]c2c1CCCC2)N1CCCC[C@@H]1c1nc2ccccc2[nH]1. The van der Waals surface area contributed by atoms with E-state index >= 15 is 0 Å². The summed E-state index contributed by atoms with van der Waals surface area (Å²) in [6.45, 7) is 0.766. The topological polar surface area (TPSA) is 77.7 Å². The van der Waals surface area contributed by atoms with Crippen molar-refractivity contribution in [3.05, 3.63) is 47.0 Å². The predicted octanol–water partition coefficient (Wildman–Crippen LogP) is 3.53. The Kier molecular flexibility index (Phi) is 3.76. The molecule has 0 saturated carbocycles. The number of H-pyrrole nitrogens is 2. The van der Waals surface area contributed by atoms with Crippen molar-refractivity contribution in [1.29, 1.82) is 0 Å². The second kappa shape index (κ2) is 6.27. The molecular weight excluding hydrogens is 326 g/mol. The molecule has 1 aromatic carbocycles. The van der Waals surface area contributed by atoms with Gasteiger partial charge in [0.2, 0.25) is 0 Å². The van der Waals surface area contributed by atoms with Crippen LogP contribution in [0, 0.1) is 0 Å². The first-order chi connectivity index (χ1) is 12.8. The van der Waals surface area contributed by atoms with Gasteiger partial charge in [0, 0.05) is 17.8 Å². The summed E-state index contributed by atoms with van der Waals surface area (Å²) < 4.78 is 0. The van der Waals surface area contributed by atoms with Crippen molar-refractivity contribution >= 4 is 16.9 Å². The molecule has 0 unspecified atom stereocenters. The number of hydrogen-bond donors (Lipinski definition) is 2. The van der Waals surface area contributed by atoms with Crippen LogP contribution in [0.5, 0.6) is 0 Å². The normalized spacial score (nSPS) is 20.3. The predicted molar refractivity (Wildman–Crippen MR) is 99.0 cm³/mol. The molecule has 1 aliphatic carbocycles. The Morgan fingerprint density at radius 3 is 2.92 bits per heavy atom. The monoisotopic (exact) mass is 349 g/mol. The van der Waals surface area contributed by atoms with Crippen LogP contribution in [-0.4, -0.2) is 37.5 Å². The molecular formula is C20H23N5O. The lowest BCUT2D eigenvalue weighted by Crippen LogP contribution is -2.39. The van der Waals surface area contributed by atoms with E-state index in [0.29, 0.717) is 5.69 Å². The number of amides is 1. The number of fused-ring (bicyclic) bond motifs is 2. The minimum Gasteiger partial charge on any atom is -0.340 e. The Labute approximate surface area is 152 Å². The Morgan fingerprint density at radius 2 is 2.00 bits per heavy atom. The van der Waals surface area contributed by atoms with Gasteiger partial charge in [-0.05, 0) is 57.1 Å². The molecule has 2 aliphatic rings. The van der Waals surface area contributed by atoms with Crippen molar-refractivity contribution in [2.75, 3.05) is 6.54 Å². The van der Waals surface area contributed by atoms with Gasteiger partial charge in [0.1, 0.15) is 5.82 Å². The summed E-state index contributed by atoms with van der Waals surface area (Å²) in [4.78, 5) is 23.5. The zero-order chi connectivity index (χ0) is 17.5. The summed E-state index contributed by atoms with van der Waals surface area (Å²) >= 11 is 0. The highest BCUT2D eigenvalue weighted by Crippen LogP contribution is 2.33. The molecule has 3 heterocycles. The number of rotatable bonds is 2. The molecule has 6 heteroatoms. The highest BCUT2D eigenvalue weighted by atomic mass is 16.2. The maximum atomic E-state index is 13.3. The average Bonchev–Trinajstić information content (AvgIpc) is 3.31. The molecule has 1 aliphatic heterocycles. The number of aryl methyl sites for hydroxylation is 1. The number of imidazole rings is 1. The summed E-state index contributed by atoms with van der Waals surface area (Å²) in [7, 11) is 0. The van der Waals surface area contributed by atoms with Crippen molar-refractivity contribution < 1.29 is 4.79 Å². The molecule has 26 heavy (non-hydrogen) atoms. The molecule has 0 spiro atoms. The Bertz CT molecular complexity index is 923. The highest BCUT2D eigenvalue weighted by molar-refractivity contribution is 5.94. The van der Waals surface area contributed by atoms with Crippen molar-refractivity contribution in [2.24, 2.45) is 0 Å². The van der Waals surface area contributed by atoms with E-state index in [1.165, 1.54) is 6.42 Å². The Morgan fingerprint density at radius 1 is 1.12 bits per heavy atom. The summed E-state index contributed by atoms with van der Waals surface area (Å²) in [6.07, 6.45) is 7.37. The molecule has 6 nitrogen and oxygen atoms in total. The molecule has 1 saturated heterocycles. The second-order valence-electron chi connectivity index (χ2n) is 7.39. The maximum Gasteiger partial charge on any atom is 0.275 e. The van der Waals surface area contributed by atoms with Gasteiger partial charge in [0.15, 0.2) is 5.69 Å². The number of nitrogens with one attached hydrogen (secondary N) is 2. The zero-order valence-corrected chi connectivity index (χ0v) is 14.8. The van der Waals surface area contributed by atoms with Gasteiger partial charge in [0.25, 0.3) is 5.91 Å². The summed E-state index contributed by atoms with van der Waals surface area (Å²) in [5, 5.41) is 7.50. The molecule has 1 amide bonds. The molecule has 3 aromatic rings. The zero-order valence-electron chi connectivity index (χ0n) is 14.8. The lowest BCUT2D eigenvalue weighted by Gasteiger charge is -2.34. The third-order valence-corrected chi connectivity index (χ3v) is 5.75. The minimum atomic E-state index is -0.000379.